The number of anilines is 3. The van der Waals surface area contributed by atoms with Gasteiger partial charge in [-0.2, -0.15) is 26.9 Å². The first-order chi connectivity index (χ1) is 17.9. The minimum Gasteiger partial charge on any atom is -0.495 e. The zero-order valence-electron chi connectivity index (χ0n) is 19.9. The fourth-order valence-electron chi connectivity index (χ4n) is 3.64. The van der Waals surface area contributed by atoms with Crippen molar-refractivity contribution in [2.45, 2.75) is 19.0 Å². The lowest BCUT2D eigenvalue weighted by molar-refractivity contribution is -0.289. The summed E-state index contributed by atoms with van der Waals surface area (Å²) in [6.07, 6.45) is -5.82. The van der Waals surface area contributed by atoms with Crippen LogP contribution < -0.4 is 25.8 Å². The molecule has 0 spiro atoms. The fourth-order valence-corrected chi connectivity index (χ4v) is 3.64. The van der Waals surface area contributed by atoms with Gasteiger partial charge in [0.15, 0.2) is 0 Å². The number of amides is 2. The summed E-state index contributed by atoms with van der Waals surface area (Å²) in [5.41, 5.74) is 4.85. The maximum atomic E-state index is 13.9. The first-order valence-electron chi connectivity index (χ1n) is 10.9. The molecule has 8 nitrogen and oxygen atoms in total. The van der Waals surface area contributed by atoms with Crippen molar-refractivity contribution in [3.8, 4) is 17.4 Å². The third-order valence-electron chi connectivity index (χ3n) is 5.36. The van der Waals surface area contributed by atoms with Crippen molar-refractivity contribution in [3.63, 3.8) is 0 Å². The molecule has 1 aromatic heterocycles. The number of halogens is 5. The minimum absolute atomic E-state index is 0.0340. The van der Waals surface area contributed by atoms with Gasteiger partial charge in [0, 0.05) is 28.1 Å². The largest absolute Gasteiger partial charge is 0.495 e. The number of carbonyl (C=O) groups excluding carboxylic acids is 1. The maximum absolute atomic E-state index is 13.9. The predicted octanol–water partition coefficient (Wildman–Crippen LogP) is 6.62. The van der Waals surface area contributed by atoms with Crippen molar-refractivity contribution in [1.82, 2.24) is 9.97 Å². The molecule has 1 heterocycles. The van der Waals surface area contributed by atoms with Crippen LogP contribution in [0.15, 0.2) is 60.7 Å². The molecule has 0 aliphatic rings. The Kier molecular flexibility index (Phi) is 6.94. The van der Waals surface area contributed by atoms with Crippen LogP contribution in [-0.2, 0) is 5.92 Å². The van der Waals surface area contributed by atoms with E-state index in [4.69, 9.17) is 15.2 Å². The molecule has 4 aromatic rings. The molecule has 0 saturated heterocycles. The summed E-state index contributed by atoms with van der Waals surface area (Å²) in [5, 5.41) is 5.97. The van der Waals surface area contributed by atoms with E-state index in [-0.39, 0.29) is 23.3 Å². The molecule has 0 unspecified atom stereocenters. The average Bonchev–Trinajstić information content (AvgIpc) is 2.84. The Hall–Kier alpha value is -4.68. The topological polar surface area (TPSA) is 111 Å². The van der Waals surface area contributed by atoms with Crippen LogP contribution in [0.4, 0.5) is 44.1 Å². The van der Waals surface area contributed by atoms with Crippen molar-refractivity contribution < 1.29 is 36.2 Å². The van der Waals surface area contributed by atoms with Crippen molar-refractivity contribution in [1.29, 1.82) is 0 Å². The summed E-state index contributed by atoms with van der Waals surface area (Å²) in [5.74, 6) is -4.61. The van der Waals surface area contributed by atoms with Gasteiger partial charge in [-0.25, -0.2) is 9.78 Å². The maximum Gasteiger partial charge on any atom is 0.458 e. The van der Waals surface area contributed by atoms with E-state index in [1.54, 1.807) is 43.3 Å². The van der Waals surface area contributed by atoms with Gasteiger partial charge in [-0.05, 0) is 37.3 Å². The van der Waals surface area contributed by atoms with Gasteiger partial charge in [-0.1, -0.05) is 24.3 Å². The van der Waals surface area contributed by atoms with Gasteiger partial charge >= 0.3 is 18.1 Å². The van der Waals surface area contributed by atoms with E-state index in [1.807, 2.05) is 0 Å². The molecule has 198 valence electrons. The molecule has 38 heavy (non-hydrogen) atoms. The first kappa shape index (κ1) is 26.4. The van der Waals surface area contributed by atoms with Gasteiger partial charge in [-0.15, -0.1) is 0 Å². The normalized spacial score (nSPS) is 11.8. The van der Waals surface area contributed by atoms with E-state index in [9.17, 15) is 26.7 Å². The predicted molar refractivity (Wildman–Crippen MR) is 131 cm³/mol. The molecule has 0 fully saturated rings. The number of rotatable bonds is 6. The Bertz CT molecular complexity index is 1490. The monoisotopic (exact) mass is 533 g/mol. The van der Waals surface area contributed by atoms with Gasteiger partial charge < -0.3 is 25.8 Å². The molecule has 4 rings (SSSR count). The molecular weight excluding hydrogens is 513 g/mol. The molecule has 4 N–H and O–H groups in total. The number of benzene rings is 3. The van der Waals surface area contributed by atoms with E-state index in [0.29, 0.717) is 40.0 Å². The fraction of sp³-hybridized carbons (Fsp3) is 0.160. The summed E-state index contributed by atoms with van der Waals surface area (Å²) in [6.45, 7) is 1.73. The number of alkyl halides is 5. The number of ether oxygens (including phenoxy) is 2. The minimum atomic E-state index is -5.82. The van der Waals surface area contributed by atoms with Crippen molar-refractivity contribution >= 4 is 34.1 Å². The second-order valence-corrected chi connectivity index (χ2v) is 8.03. The zero-order valence-corrected chi connectivity index (χ0v) is 19.9. The number of hydrogen-bond acceptors (Lipinski definition) is 6. The van der Waals surface area contributed by atoms with Crippen LogP contribution in [0.5, 0.6) is 17.4 Å². The molecule has 2 amide bonds. The third kappa shape index (κ3) is 5.36. The molecule has 0 radical (unpaired) electrons. The first-order valence-corrected chi connectivity index (χ1v) is 10.9. The molecular formula is C25H20F5N5O3. The molecule has 0 saturated carbocycles. The van der Waals surface area contributed by atoms with Crippen molar-refractivity contribution in [2.75, 3.05) is 23.5 Å². The number of nitrogens with two attached hydrogens (primary N) is 1. The van der Waals surface area contributed by atoms with Gasteiger partial charge in [0.25, 0.3) is 0 Å². The van der Waals surface area contributed by atoms with Crippen LogP contribution in [0.3, 0.4) is 0 Å². The van der Waals surface area contributed by atoms with Crippen LogP contribution in [0.2, 0.25) is 0 Å². The van der Waals surface area contributed by atoms with Crippen LogP contribution >= 0.6 is 0 Å². The molecule has 0 atom stereocenters. The highest BCUT2D eigenvalue weighted by Gasteiger charge is 2.58. The zero-order chi connectivity index (χ0) is 27.7. The van der Waals surface area contributed by atoms with E-state index in [2.05, 4.69) is 20.6 Å². The summed E-state index contributed by atoms with van der Waals surface area (Å²) in [7, 11) is 1.18. The average molecular weight is 533 g/mol. The van der Waals surface area contributed by atoms with Crippen molar-refractivity contribution in [3.05, 3.63) is 71.9 Å². The summed E-state index contributed by atoms with van der Waals surface area (Å²) >= 11 is 0. The number of aryl methyl sites for hydroxylation is 1. The SMILES string of the molecule is COc1ccc(C(F)(F)C(F)(F)F)cc1NC(=O)Nc1ccc(Oc2cc(C)nc(N)n2)c2ccccc12. The van der Waals surface area contributed by atoms with Gasteiger partial charge in [0.2, 0.25) is 11.8 Å². The number of hydrogen-bond donors (Lipinski definition) is 3. The van der Waals surface area contributed by atoms with E-state index < -0.39 is 23.7 Å². The number of nitrogens with one attached hydrogen (secondary N) is 2. The molecule has 13 heteroatoms. The lowest BCUT2D eigenvalue weighted by atomic mass is 10.1. The highest BCUT2D eigenvalue weighted by Crippen LogP contribution is 2.45. The Labute approximate surface area is 212 Å². The molecule has 0 aliphatic carbocycles. The van der Waals surface area contributed by atoms with E-state index in [1.165, 1.54) is 13.2 Å². The molecule has 3 aromatic carbocycles. The van der Waals surface area contributed by atoms with Gasteiger partial charge in [0.05, 0.1) is 18.5 Å². The van der Waals surface area contributed by atoms with Crippen LogP contribution in [0.25, 0.3) is 10.8 Å². The number of methoxy groups -OCH3 is 1. The number of urea groups is 1. The van der Waals surface area contributed by atoms with E-state index in [0.717, 1.165) is 6.07 Å². The van der Waals surface area contributed by atoms with Gasteiger partial charge in [0.1, 0.15) is 11.5 Å². The quantitative estimate of drug-likeness (QED) is 0.240. The molecule has 0 aliphatic heterocycles. The number of nitrogen functional groups attached to an aromatic ring is 1. The Balaban J connectivity index is 1.61. The second-order valence-electron chi connectivity index (χ2n) is 8.03. The lowest BCUT2D eigenvalue weighted by Gasteiger charge is -2.21. The van der Waals surface area contributed by atoms with Crippen molar-refractivity contribution in [2.24, 2.45) is 0 Å². The van der Waals surface area contributed by atoms with Gasteiger partial charge in [-0.3, -0.25) is 0 Å². The summed E-state index contributed by atoms with van der Waals surface area (Å²) < 4.78 is 77.1. The lowest BCUT2D eigenvalue weighted by Crippen LogP contribution is -2.33. The van der Waals surface area contributed by atoms with Crippen LogP contribution in [0.1, 0.15) is 11.3 Å². The summed E-state index contributed by atoms with van der Waals surface area (Å²) in [6, 6.07) is 12.7. The number of carbonyl (C=O) groups is 1. The summed E-state index contributed by atoms with van der Waals surface area (Å²) in [4.78, 5) is 20.8. The number of fused-ring (bicyclic) bond motifs is 1. The third-order valence-corrected chi connectivity index (χ3v) is 5.36. The highest BCUT2D eigenvalue weighted by molar-refractivity contribution is 6.08. The number of aromatic nitrogens is 2. The smallest absolute Gasteiger partial charge is 0.458 e. The van der Waals surface area contributed by atoms with Crippen LogP contribution in [0, 0.1) is 6.92 Å². The standard InChI is InChI=1S/C25H20F5N5O3/c1-13-11-21(35-22(31)32-13)38-19-10-8-17(15-5-3-4-6-16(15)19)33-23(36)34-18-12-14(7-9-20(18)37-2)24(26,27)25(28,29)30/h3-12H,1-2H3,(H2,31,32,35)(H2,33,34,36). The second kappa shape index (κ2) is 10.00. The highest BCUT2D eigenvalue weighted by atomic mass is 19.4. The van der Waals surface area contributed by atoms with E-state index >= 15 is 0 Å². The molecule has 0 bridgehead atoms. The van der Waals surface area contributed by atoms with Crippen LogP contribution in [-0.4, -0.2) is 29.3 Å². The Morgan fingerprint density at radius 3 is 2.18 bits per heavy atom. The number of nitrogens with zero attached hydrogens (tertiary/aromatic N) is 2. The Morgan fingerprint density at radius 2 is 1.53 bits per heavy atom. The Morgan fingerprint density at radius 1 is 0.868 bits per heavy atom.